The van der Waals surface area contributed by atoms with E-state index in [4.69, 9.17) is 0 Å². The van der Waals surface area contributed by atoms with Gasteiger partial charge in [-0.2, -0.15) is 0 Å². The van der Waals surface area contributed by atoms with Gasteiger partial charge in [-0.15, -0.1) is 0 Å². The summed E-state index contributed by atoms with van der Waals surface area (Å²) in [6, 6.07) is 2.57. The standard InChI is InChI=1S/C6H5FN2O3/c7-4-12-6-5(9(10)11)2-1-3-8-6/h1-3H,4H2. The van der Waals surface area contributed by atoms with Crippen molar-refractivity contribution in [3.05, 3.63) is 28.4 Å². The van der Waals surface area contributed by atoms with Gasteiger partial charge < -0.3 is 4.74 Å². The second kappa shape index (κ2) is 3.61. The largest absolute Gasteiger partial charge is 0.441 e. The van der Waals surface area contributed by atoms with E-state index in [1.165, 1.54) is 18.3 Å². The Labute approximate surface area is 66.9 Å². The van der Waals surface area contributed by atoms with E-state index in [0.29, 0.717) is 0 Å². The first-order valence-corrected chi connectivity index (χ1v) is 3.04. The summed E-state index contributed by atoms with van der Waals surface area (Å²) in [6.45, 7) is -1.13. The van der Waals surface area contributed by atoms with Gasteiger partial charge in [-0.25, -0.2) is 9.37 Å². The van der Waals surface area contributed by atoms with Crippen LogP contribution < -0.4 is 4.74 Å². The van der Waals surface area contributed by atoms with Gasteiger partial charge in [0.05, 0.1) is 4.92 Å². The number of pyridine rings is 1. The van der Waals surface area contributed by atoms with Crippen LogP contribution in [0.5, 0.6) is 5.88 Å². The fourth-order valence-electron chi connectivity index (χ4n) is 0.684. The summed E-state index contributed by atoms with van der Waals surface area (Å²) < 4.78 is 15.9. The lowest BCUT2D eigenvalue weighted by molar-refractivity contribution is -0.386. The quantitative estimate of drug-likeness (QED) is 0.509. The van der Waals surface area contributed by atoms with E-state index < -0.39 is 11.8 Å². The molecule has 1 aromatic rings. The minimum Gasteiger partial charge on any atom is -0.441 e. The Bertz CT molecular complexity index is 292. The van der Waals surface area contributed by atoms with E-state index in [2.05, 4.69) is 9.72 Å². The molecule has 1 heterocycles. The first kappa shape index (κ1) is 8.38. The minimum atomic E-state index is -1.13. The first-order chi connectivity index (χ1) is 5.75. The predicted octanol–water partition coefficient (Wildman–Crippen LogP) is 1.30. The molecule has 0 N–H and O–H groups in total. The summed E-state index contributed by atoms with van der Waals surface area (Å²) in [4.78, 5) is 13.1. The fourth-order valence-corrected chi connectivity index (χ4v) is 0.684. The Kier molecular flexibility index (Phi) is 2.52. The SMILES string of the molecule is O=[N+]([O-])c1cccnc1OCF. The van der Waals surface area contributed by atoms with E-state index in [-0.39, 0.29) is 11.6 Å². The number of ether oxygens (including phenoxy) is 1. The molecule has 0 aliphatic heterocycles. The second-order valence-corrected chi connectivity index (χ2v) is 1.84. The van der Waals surface area contributed by atoms with Crippen molar-refractivity contribution in [2.45, 2.75) is 0 Å². The molecule has 0 fully saturated rings. The van der Waals surface area contributed by atoms with Crippen molar-refractivity contribution in [3.8, 4) is 5.88 Å². The van der Waals surface area contributed by atoms with Crippen molar-refractivity contribution in [3.63, 3.8) is 0 Å². The highest BCUT2D eigenvalue weighted by molar-refractivity contribution is 5.39. The third-order valence-electron chi connectivity index (χ3n) is 1.14. The lowest BCUT2D eigenvalue weighted by Gasteiger charge is -1.98. The smallest absolute Gasteiger partial charge is 0.331 e. The summed E-state index contributed by atoms with van der Waals surface area (Å²) >= 11 is 0. The highest BCUT2D eigenvalue weighted by atomic mass is 19.1. The van der Waals surface area contributed by atoms with Crippen molar-refractivity contribution in [1.82, 2.24) is 4.98 Å². The molecule has 0 amide bonds. The van der Waals surface area contributed by atoms with E-state index >= 15 is 0 Å². The maximum absolute atomic E-state index is 11.6. The lowest BCUT2D eigenvalue weighted by Crippen LogP contribution is -1.98. The Balaban J connectivity index is 3.00. The van der Waals surface area contributed by atoms with Crippen LogP contribution in [0.15, 0.2) is 18.3 Å². The Morgan fingerprint density at radius 1 is 1.75 bits per heavy atom. The van der Waals surface area contributed by atoms with Gasteiger partial charge in [0.2, 0.25) is 6.86 Å². The van der Waals surface area contributed by atoms with Gasteiger partial charge in [0, 0.05) is 12.3 Å². The molecule has 0 aliphatic carbocycles. The highest BCUT2D eigenvalue weighted by Crippen LogP contribution is 2.22. The van der Waals surface area contributed by atoms with Crippen molar-refractivity contribution < 1.29 is 14.1 Å². The summed E-state index contributed by atoms with van der Waals surface area (Å²) in [5.74, 6) is -0.301. The summed E-state index contributed by atoms with van der Waals surface area (Å²) in [5, 5.41) is 10.3. The molecule has 0 aliphatic rings. The molecule has 64 valence electrons. The van der Waals surface area contributed by atoms with Crippen molar-refractivity contribution in [2.75, 3.05) is 6.86 Å². The molecule has 0 radical (unpaired) electrons. The number of hydrogen-bond donors (Lipinski definition) is 0. The number of nitro groups is 1. The molecule has 0 saturated carbocycles. The average Bonchev–Trinajstić information content (AvgIpc) is 2.05. The monoisotopic (exact) mass is 172 g/mol. The Morgan fingerprint density at radius 2 is 2.50 bits per heavy atom. The normalized spacial score (nSPS) is 9.42. The van der Waals surface area contributed by atoms with E-state index in [0.717, 1.165) is 0 Å². The van der Waals surface area contributed by atoms with Gasteiger partial charge in [-0.05, 0) is 6.07 Å². The predicted molar refractivity (Wildman–Crippen MR) is 37.5 cm³/mol. The van der Waals surface area contributed by atoms with E-state index in [1.807, 2.05) is 0 Å². The zero-order valence-corrected chi connectivity index (χ0v) is 5.94. The van der Waals surface area contributed by atoms with Gasteiger partial charge in [0.25, 0.3) is 5.88 Å². The van der Waals surface area contributed by atoms with Crippen LogP contribution >= 0.6 is 0 Å². The zero-order chi connectivity index (χ0) is 8.97. The number of aromatic nitrogens is 1. The zero-order valence-electron chi connectivity index (χ0n) is 5.94. The number of nitrogens with zero attached hydrogens (tertiary/aromatic N) is 2. The van der Waals surface area contributed by atoms with E-state index in [1.54, 1.807) is 0 Å². The van der Waals surface area contributed by atoms with Crippen molar-refractivity contribution in [2.24, 2.45) is 0 Å². The fraction of sp³-hybridized carbons (Fsp3) is 0.167. The average molecular weight is 172 g/mol. The topological polar surface area (TPSA) is 65.3 Å². The lowest BCUT2D eigenvalue weighted by atomic mass is 10.4. The van der Waals surface area contributed by atoms with Gasteiger partial charge in [0.15, 0.2) is 0 Å². The molecule has 0 unspecified atom stereocenters. The van der Waals surface area contributed by atoms with Crippen LogP contribution in [0.25, 0.3) is 0 Å². The molecule has 1 rings (SSSR count). The Hall–Kier alpha value is -1.72. The number of rotatable bonds is 3. The van der Waals surface area contributed by atoms with Crippen LogP contribution in [0.4, 0.5) is 10.1 Å². The second-order valence-electron chi connectivity index (χ2n) is 1.84. The third-order valence-corrected chi connectivity index (χ3v) is 1.14. The van der Waals surface area contributed by atoms with Crippen LogP contribution in [0.1, 0.15) is 0 Å². The summed E-state index contributed by atoms with van der Waals surface area (Å²) in [7, 11) is 0. The molecular formula is C6H5FN2O3. The molecule has 5 nitrogen and oxygen atoms in total. The van der Waals surface area contributed by atoms with Gasteiger partial charge in [-0.3, -0.25) is 10.1 Å². The number of alkyl halides is 1. The van der Waals surface area contributed by atoms with Crippen LogP contribution in [0.3, 0.4) is 0 Å². The molecule has 6 heteroatoms. The van der Waals surface area contributed by atoms with Crippen LogP contribution in [0, 0.1) is 10.1 Å². The van der Waals surface area contributed by atoms with Gasteiger partial charge in [-0.1, -0.05) is 0 Å². The van der Waals surface area contributed by atoms with Crippen LogP contribution in [0.2, 0.25) is 0 Å². The van der Waals surface area contributed by atoms with Crippen molar-refractivity contribution in [1.29, 1.82) is 0 Å². The van der Waals surface area contributed by atoms with E-state index in [9.17, 15) is 14.5 Å². The number of hydrogen-bond acceptors (Lipinski definition) is 4. The van der Waals surface area contributed by atoms with Crippen molar-refractivity contribution >= 4 is 5.69 Å². The third kappa shape index (κ3) is 1.66. The minimum absolute atomic E-state index is 0.301. The molecular weight excluding hydrogens is 167 g/mol. The van der Waals surface area contributed by atoms with Crippen LogP contribution in [-0.2, 0) is 0 Å². The molecule has 1 aromatic heterocycles. The van der Waals surface area contributed by atoms with Crippen LogP contribution in [-0.4, -0.2) is 16.8 Å². The summed E-state index contributed by atoms with van der Waals surface area (Å²) in [6.07, 6.45) is 1.29. The molecule has 0 saturated heterocycles. The highest BCUT2D eigenvalue weighted by Gasteiger charge is 2.14. The maximum Gasteiger partial charge on any atom is 0.331 e. The molecule has 0 spiro atoms. The first-order valence-electron chi connectivity index (χ1n) is 3.04. The van der Waals surface area contributed by atoms with Gasteiger partial charge in [0.1, 0.15) is 0 Å². The molecule has 0 aromatic carbocycles. The maximum atomic E-state index is 11.6. The molecule has 12 heavy (non-hydrogen) atoms. The van der Waals surface area contributed by atoms with Gasteiger partial charge >= 0.3 is 5.69 Å². The molecule has 0 atom stereocenters. The number of halogens is 1. The molecule has 0 bridgehead atoms. The summed E-state index contributed by atoms with van der Waals surface area (Å²) in [5.41, 5.74) is -0.338. The Morgan fingerprint density at radius 3 is 3.08 bits per heavy atom.